The smallest absolute Gasteiger partial charge is 0.0386 e. The van der Waals surface area contributed by atoms with Gasteiger partial charge in [-0.1, -0.05) is 41.0 Å². The molecule has 1 aliphatic carbocycles. The van der Waals surface area contributed by atoms with Crippen LogP contribution in [0.4, 0.5) is 0 Å². The van der Waals surface area contributed by atoms with Crippen LogP contribution in [0.2, 0.25) is 0 Å². The molecular formula is C14H28. The molecule has 84 valence electrons. The average Bonchev–Trinajstić information content (AvgIpc) is 2.16. The lowest BCUT2D eigenvalue weighted by Crippen LogP contribution is -2.28. The van der Waals surface area contributed by atoms with Crippen molar-refractivity contribution in [3.63, 3.8) is 0 Å². The van der Waals surface area contributed by atoms with Crippen LogP contribution in [0.15, 0.2) is 0 Å². The summed E-state index contributed by atoms with van der Waals surface area (Å²) in [5.41, 5.74) is 0. The Kier molecular flexibility index (Phi) is 4.47. The molecule has 0 aliphatic heterocycles. The van der Waals surface area contributed by atoms with Crippen molar-refractivity contribution in [2.45, 2.75) is 60.3 Å². The molecule has 0 aromatic heterocycles. The van der Waals surface area contributed by atoms with Crippen molar-refractivity contribution in [3.05, 3.63) is 0 Å². The molecule has 0 heterocycles. The van der Waals surface area contributed by atoms with Crippen molar-refractivity contribution in [2.75, 3.05) is 0 Å². The van der Waals surface area contributed by atoms with Gasteiger partial charge in [0, 0.05) is 0 Å². The molecule has 0 saturated heterocycles. The second kappa shape index (κ2) is 5.19. The molecule has 1 rings (SSSR count). The van der Waals surface area contributed by atoms with Gasteiger partial charge in [0.2, 0.25) is 0 Å². The number of hydrogen-bond donors (Lipinski definition) is 0. The van der Waals surface area contributed by atoms with Crippen molar-refractivity contribution < 1.29 is 0 Å². The Morgan fingerprint density at radius 2 is 1.29 bits per heavy atom. The van der Waals surface area contributed by atoms with Gasteiger partial charge in [-0.3, -0.25) is 0 Å². The molecular weight excluding hydrogens is 168 g/mol. The van der Waals surface area contributed by atoms with E-state index in [4.69, 9.17) is 0 Å². The summed E-state index contributed by atoms with van der Waals surface area (Å²) in [7, 11) is 0. The third kappa shape index (κ3) is 3.00. The number of rotatable bonds is 3. The predicted octanol–water partition coefficient (Wildman–Crippen LogP) is 4.74. The highest BCUT2D eigenvalue weighted by molar-refractivity contribution is 4.81. The molecule has 0 amide bonds. The molecule has 0 nitrogen and oxygen atoms in total. The standard InChI is InChI=1S/C14H28/c1-6-12-7-13(10(2)3)9-14(8-12)11(4)5/h10-14H,6-9H2,1-5H3. The third-order valence-corrected chi connectivity index (χ3v) is 4.34. The lowest BCUT2D eigenvalue weighted by atomic mass is 9.67. The van der Waals surface area contributed by atoms with E-state index in [1.165, 1.54) is 25.7 Å². The van der Waals surface area contributed by atoms with Gasteiger partial charge in [-0.25, -0.2) is 0 Å². The van der Waals surface area contributed by atoms with Gasteiger partial charge in [0.15, 0.2) is 0 Å². The fourth-order valence-corrected chi connectivity index (χ4v) is 2.96. The van der Waals surface area contributed by atoms with Crippen molar-refractivity contribution in [1.29, 1.82) is 0 Å². The summed E-state index contributed by atoms with van der Waals surface area (Å²) in [6.45, 7) is 12.0. The lowest BCUT2D eigenvalue weighted by Gasteiger charge is -2.38. The molecule has 0 bridgehead atoms. The summed E-state index contributed by atoms with van der Waals surface area (Å²) < 4.78 is 0. The highest BCUT2D eigenvalue weighted by Crippen LogP contribution is 2.41. The Morgan fingerprint density at radius 1 is 0.857 bits per heavy atom. The van der Waals surface area contributed by atoms with E-state index in [1.807, 2.05) is 0 Å². The maximum Gasteiger partial charge on any atom is -0.0386 e. The van der Waals surface area contributed by atoms with Crippen LogP contribution in [-0.4, -0.2) is 0 Å². The Labute approximate surface area is 90.5 Å². The van der Waals surface area contributed by atoms with E-state index in [0.717, 1.165) is 29.6 Å². The fourth-order valence-electron chi connectivity index (χ4n) is 2.96. The van der Waals surface area contributed by atoms with Crippen molar-refractivity contribution >= 4 is 0 Å². The Balaban J connectivity index is 2.56. The van der Waals surface area contributed by atoms with Gasteiger partial charge in [-0.15, -0.1) is 0 Å². The van der Waals surface area contributed by atoms with Crippen LogP contribution < -0.4 is 0 Å². The molecule has 0 radical (unpaired) electrons. The van der Waals surface area contributed by atoms with E-state index in [9.17, 15) is 0 Å². The molecule has 0 heteroatoms. The van der Waals surface area contributed by atoms with Crippen molar-refractivity contribution in [2.24, 2.45) is 29.6 Å². The summed E-state index contributed by atoms with van der Waals surface area (Å²) in [5, 5.41) is 0. The largest absolute Gasteiger partial charge is 0.0651 e. The van der Waals surface area contributed by atoms with Crippen LogP contribution in [0.3, 0.4) is 0 Å². The van der Waals surface area contributed by atoms with Crippen LogP contribution in [0.25, 0.3) is 0 Å². The minimum atomic E-state index is 0.894. The lowest BCUT2D eigenvalue weighted by molar-refractivity contribution is 0.125. The first-order chi connectivity index (χ1) is 6.54. The maximum absolute atomic E-state index is 2.40. The average molecular weight is 196 g/mol. The Hall–Kier alpha value is 0. The molecule has 0 aromatic carbocycles. The van der Waals surface area contributed by atoms with Crippen LogP contribution in [0.5, 0.6) is 0 Å². The second-order valence-corrected chi connectivity index (χ2v) is 5.99. The normalized spacial score (nSPS) is 34.1. The zero-order valence-corrected chi connectivity index (χ0v) is 10.7. The van der Waals surface area contributed by atoms with Gasteiger partial charge >= 0.3 is 0 Å². The predicted molar refractivity (Wildman–Crippen MR) is 64.3 cm³/mol. The highest BCUT2D eigenvalue weighted by Gasteiger charge is 2.30. The third-order valence-electron chi connectivity index (χ3n) is 4.34. The molecule has 1 aliphatic rings. The minimum absolute atomic E-state index is 0.894. The number of hydrogen-bond acceptors (Lipinski definition) is 0. The van der Waals surface area contributed by atoms with Gasteiger partial charge < -0.3 is 0 Å². The van der Waals surface area contributed by atoms with Crippen LogP contribution in [0, 0.1) is 29.6 Å². The fraction of sp³-hybridized carbons (Fsp3) is 1.00. The van der Waals surface area contributed by atoms with E-state index in [-0.39, 0.29) is 0 Å². The summed E-state index contributed by atoms with van der Waals surface area (Å²) in [4.78, 5) is 0. The molecule has 0 spiro atoms. The Morgan fingerprint density at radius 3 is 1.57 bits per heavy atom. The first-order valence-corrected chi connectivity index (χ1v) is 6.54. The molecule has 1 saturated carbocycles. The molecule has 14 heavy (non-hydrogen) atoms. The van der Waals surface area contributed by atoms with Gasteiger partial charge in [0.05, 0.1) is 0 Å². The van der Waals surface area contributed by atoms with Crippen LogP contribution in [0.1, 0.15) is 60.3 Å². The SMILES string of the molecule is CCC1CC(C(C)C)CC(C(C)C)C1. The zero-order chi connectivity index (χ0) is 10.7. The van der Waals surface area contributed by atoms with Gasteiger partial charge in [0.25, 0.3) is 0 Å². The molecule has 2 atom stereocenters. The second-order valence-electron chi connectivity index (χ2n) is 5.99. The quantitative estimate of drug-likeness (QED) is 0.611. The molecule has 0 N–H and O–H groups in total. The topological polar surface area (TPSA) is 0 Å². The minimum Gasteiger partial charge on any atom is -0.0651 e. The first-order valence-electron chi connectivity index (χ1n) is 6.54. The maximum atomic E-state index is 2.40. The van der Waals surface area contributed by atoms with Gasteiger partial charge in [0.1, 0.15) is 0 Å². The van der Waals surface area contributed by atoms with Crippen LogP contribution in [-0.2, 0) is 0 Å². The van der Waals surface area contributed by atoms with Crippen molar-refractivity contribution in [1.82, 2.24) is 0 Å². The molecule has 1 fully saturated rings. The molecule has 2 unspecified atom stereocenters. The van der Waals surface area contributed by atoms with Gasteiger partial charge in [-0.05, 0) is 48.9 Å². The monoisotopic (exact) mass is 196 g/mol. The summed E-state index contributed by atoms with van der Waals surface area (Å²) >= 11 is 0. The Bertz CT molecular complexity index is 141. The zero-order valence-electron chi connectivity index (χ0n) is 10.7. The van der Waals surface area contributed by atoms with E-state index < -0.39 is 0 Å². The van der Waals surface area contributed by atoms with Crippen LogP contribution >= 0.6 is 0 Å². The van der Waals surface area contributed by atoms with E-state index in [1.54, 1.807) is 0 Å². The highest BCUT2D eigenvalue weighted by atomic mass is 14.4. The summed E-state index contributed by atoms with van der Waals surface area (Å²) in [5.74, 6) is 4.81. The molecule has 0 aromatic rings. The summed E-state index contributed by atoms with van der Waals surface area (Å²) in [6, 6.07) is 0. The van der Waals surface area contributed by atoms with Crippen molar-refractivity contribution in [3.8, 4) is 0 Å². The first kappa shape index (κ1) is 12.1. The van der Waals surface area contributed by atoms with E-state index >= 15 is 0 Å². The van der Waals surface area contributed by atoms with E-state index in [2.05, 4.69) is 34.6 Å². The van der Waals surface area contributed by atoms with E-state index in [0.29, 0.717) is 0 Å². The summed E-state index contributed by atoms with van der Waals surface area (Å²) in [6.07, 6.45) is 5.88. The van der Waals surface area contributed by atoms with Gasteiger partial charge in [-0.2, -0.15) is 0 Å².